The van der Waals surface area contributed by atoms with E-state index < -0.39 is 26.2 Å². The lowest BCUT2D eigenvalue weighted by atomic mass is 10.1. The first-order chi connectivity index (χ1) is 11.0. The molecular weight excluding hydrogens is 320 g/mol. The highest BCUT2D eigenvalue weighted by Gasteiger charge is 2.18. The van der Waals surface area contributed by atoms with Gasteiger partial charge in [0.1, 0.15) is 0 Å². The van der Waals surface area contributed by atoms with Gasteiger partial charge < -0.3 is 9.97 Å². The number of aromatic amines is 3. The summed E-state index contributed by atoms with van der Waals surface area (Å²) in [5, 5.41) is 1.02. The maximum atomic E-state index is 12.1. The van der Waals surface area contributed by atoms with Gasteiger partial charge in [-0.2, -0.15) is 0 Å². The minimum absolute atomic E-state index is 0.128. The van der Waals surface area contributed by atoms with E-state index in [2.05, 4.69) is 14.7 Å². The molecule has 0 fully saturated rings. The number of sulfonamides is 1. The third-order valence-electron chi connectivity index (χ3n) is 3.44. The van der Waals surface area contributed by atoms with E-state index >= 15 is 0 Å². The van der Waals surface area contributed by atoms with E-state index in [9.17, 15) is 18.0 Å². The van der Waals surface area contributed by atoms with Crippen molar-refractivity contribution in [3.05, 3.63) is 63.1 Å². The highest BCUT2D eigenvalue weighted by atomic mass is 32.2. The predicted molar refractivity (Wildman–Crippen MR) is 84.9 cm³/mol. The molecule has 2 aromatic heterocycles. The highest BCUT2D eigenvalue weighted by Crippen LogP contribution is 2.17. The van der Waals surface area contributed by atoms with E-state index in [1.807, 2.05) is 35.4 Å². The topological polar surface area (TPSA) is 128 Å². The number of rotatable bonds is 5. The Hall–Kier alpha value is -2.65. The summed E-state index contributed by atoms with van der Waals surface area (Å²) in [5.74, 6) is 0. The van der Waals surface area contributed by atoms with Crippen molar-refractivity contribution in [2.75, 3.05) is 6.54 Å². The van der Waals surface area contributed by atoms with Crippen LogP contribution in [0, 0.1) is 0 Å². The minimum atomic E-state index is -3.99. The summed E-state index contributed by atoms with van der Waals surface area (Å²) in [4.78, 5) is 29.1. The lowest BCUT2D eigenvalue weighted by Gasteiger charge is -2.05. The quantitative estimate of drug-likeness (QED) is 0.526. The van der Waals surface area contributed by atoms with Gasteiger partial charge in [0.05, 0.1) is 0 Å². The molecule has 9 heteroatoms. The first-order valence-electron chi connectivity index (χ1n) is 6.84. The number of aromatic nitrogens is 3. The summed E-state index contributed by atoms with van der Waals surface area (Å²) in [7, 11) is -3.99. The van der Waals surface area contributed by atoms with Gasteiger partial charge >= 0.3 is 5.69 Å². The maximum absolute atomic E-state index is 12.1. The van der Waals surface area contributed by atoms with Gasteiger partial charge in [0.15, 0.2) is 4.90 Å². The van der Waals surface area contributed by atoms with E-state index in [4.69, 9.17) is 0 Å². The molecule has 0 bridgehead atoms. The monoisotopic (exact) mass is 334 g/mol. The van der Waals surface area contributed by atoms with Crippen LogP contribution in [0.5, 0.6) is 0 Å². The van der Waals surface area contributed by atoms with Crippen molar-refractivity contribution in [1.82, 2.24) is 19.7 Å². The molecule has 4 N–H and O–H groups in total. The van der Waals surface area contributed by atoms with Crippen molar-refractivity contribution in [3.63, 3.8) is 0 Å². The van der Waals surface area contributed by atoms with E-state index in [1.165, 1.54) is 0 Å². The molecule has 0 radical (unpaired) electrons. The van der Waals surface area contributed by atoms with Crippen LogP contribution in [-0.4, -0.2) is 29.9 Å². The second kappa shape index (κ2) is 5.86. The van der Waals surface area contributed by atoms with Crippen molar-refractivity contribution in [2.45, 2.75) is 11.3 Å². The van der Waals surface area contributed by atoms with Crippen LogP contribution >= 0.6 is 0 Å². The SMILES string of the molecule is O=c1[nH]cc(S(=O)(=O)NCCc2c[nH]c3ccccc23)c(=O)[nH]1. The van der Waals surface area contributed by atoms with E-state index in [1.54, 1.807) is 0 Å². The number of nitrogens with one attached hydrogen (secondary N) is 4. The van der Waals surface area contributed by atoms with Gasteiger partial charge in [-0.1, -0.05) is 18.2 Å². The molecule has 0 aliphatic rings. The Morgan fingerprint density at radius 3 is 2.61 bits per heavy atom. The summed E-state index contributed by atoms with van der Waals surface area (Å²) >= 11 is 0. The number of hydrogen-bond acceptors (Lipinski definition) is 4. The summed E-state index contributed by atoms with van der Waals surface area (Å²) in [6.45, 7) is 0.128. The predicted octanol–water partition coefficient (Wildman–Crippen LogP) is 0.0655. The Balaban J connectivity index is 1.75. The number of benzene rings is 1. The van der Waals surface area contributed by atoms with Gasteiger partial charge in [-0.15, -0.1) is 0 Å². The van der Waals surface area contributed by atoms with Crippen molar-refractivity contribution in [2.24, 2.45) is 0 Å². The summed E-state index contributed by atoms with van der Waals surface area (Å²) in [6.07, 6.45) is 3.17. The first-order valence-corrected chi connectivity index (χ1v) is 8.32. The lowest BCUT2D eigenvalue weighted by Crippen LogP contribution is -2.33. The highest BCUT2D eigenvalue weighted by molar-refractivity contribution is 7.89. The molecule has 8 nitrogen and oxygen atoms in total. The van der Waals surface area contributed by atoms with Crippen molar-refractivity contribution in [1.29, 1.82) is 0 Å². The smallest absolute Gasteiger partial charge is 0.325 e. The molecule has 2 heterocycles. The molecule has 0 aliphatic carbocycles. The fourth-order valence-electron chi connectivity index (χ4n) is 2.33. The molecule has 3 aromatic rings. The Bertz CT molecular complexity index is 1060. The molecule has 0 unspecified atom stereocenters. The van der Waals surface area contributed by atoms with Crippen LogP contribution in [0.1, 0.15) is 5.56 Å². The third kappa shape index (κ3) is 3.10. The van der Waals surface area contributed by atoms with E-state index in [0.717, 1.165) is 22.7 Å². The summed E-state index contributed by atoms with van der Waals surface area (Å²) < 4.78 is 26.5. The molecular formula is C14H14N4O4S. The molecule has 0 saturated carbocycles. The van der Waals surface area contributed by atoms with Crippen LogP contribution < -0.4 is 16.0 Å². The molecule has 0 atom stereocenters. The zero-order valence-electron chi connectivity index (χ0n) is 11.9. The second-order valence-electron chi connectivity index (χ2n) is 4.94. The molecule has 0 saturated heterocycles. The van der Waals surface area contributed by atoms with Crippen molar-refractivity contribution >= 4 is 20.9 Å². The minimum Gasteiger partial charge on any atom is -0.361 e. The van der Waals surface area contributed by atoms with Crippen LogP contribution in [0.15, 0.2) is 51.1 Å². The molecule has 1 aromatic carbocycles. The second-order valence-corrected chi connectivity index (χ2v) is 6.68. The lowest BCUT2D eigenvalue weighted by molar-refractivity contribution is 0.579. The Morgan fingerprint density at radius 2 is 1.83 bits per heavy atom. The molecule has 3 rings (SSSR count). The maximum Gasteiger partial charge on any atom is 0.325 e. The first kappa shape index (κ1) is 15.3. The zero-order chi connectivity index (χ0) is 16.4. The zero-order valence-corrected chi connectivity index (χ0v) is 12.7. The van der Waals surface area contributed by atoms with Gasteiger partial charge in [-0.3, -0.25) is 9.78 Å². The normalized spacial score (nSPS) is 11.8. The molecule has 0 spiro atoms. The van der Waals surface area contributed by atoms with Crippen LogP contribution in [0.3, 0.4) is 0 Å². The molecule has 120 valence electrons. The van der Waals surface area contributed by atoms with E-state index in [0.29, 0.717) is 6.42 Å². The van der Waals surface area contributed by atoms with Gasteiger partial charge in [0.2, 0.25) is 10.0 Å². The Kier molecular flexibility index (Phi) is 3.89. The number of fused-ring (bicyclic) bond motifs is 1. The third-order valence-corrected chi connectivity index (χ3v) is 4.90. The van der Waals surface area contributed by atoms with Crippen LogP contribution in [0.2, 0.25) is 0 Å². The fraction of sp³-hybridized carbons (Fsp3) is 0.143. The molecule has 0 aliphatic heterocycles. The van der Waals surface area contributed by atoms with Crippen LogP contribution in [-0.2, 0) is 16.4 Å². The molecule has 0 amide bonds. The van der Waals surface area contributed by atoms with Crippen molar-refractivity contribution < 1.29 is 8.42 Å². The average Bonchev–Trinajstić information content (AvgIpc) is 2.90. The van der Waals surface area contributed by atoms with Crippen LogP contribution in [0.25, 0.3) is 10.9 Å². The van der Waals surface area contributed by atoms with E-state index in [-0.39, 0.29) is 6.54 Å². The summed E-state index contributed by atoms with van der Waals surface area (Å²) in [6, 6.07) is 7.70. The number of para-hydroxylation sites is 1. The van der Waals surface area contributed by atoms with Gasteiger partial charge in [0.25, 0.3) is 5.56 Å². The average molecular weight is 334 g/mol. The standard InChI is InChI=1S/C14H14N4O4S/c19-13-12(8-16-14(20)18-13)23(21,22)17-6-5-9-7-15-11-4-2-1-3-10(9)11/h1-4,7-8,15,17H,5-6H2,(H2,16,18,19,20). The number of H-pyrrole nitrogens is 3. The fourth-order valence-corrected chi connectivity index (χ4v) is 3.37. The summed E-state index contributed by atoms with van der Waals surface area (Å²) in [5.41, 5.74) is 0.238. The van der Waals surface area contributed by atoms with Gasteiger partial charge in [-0.05, 0) is 18.1 Å². The van der Waals surface area contributed by atoms with Crippen LogP contribution in [0.4, 0.5) is 0 Å². The van der Waals surface area contributed by atoms with Gasteiger partial charge in [0, 0.05) is 29.8 Å². The molecule has 23 heavy (non-hydrogen) atoms. The van der Waals surface area contributed by atoms with Crippen molar-refractivity contribution in [3.8, 4) is 0 Å². The van der Waals surface area contributed by atoms with Gasteiger partial charge in [-0.25, -0.2) is 17.9 Å². The largest absolute Gasteiger partial charge is 0.361 e. The Morgan fingerprint density at radius 1 is 1.04 bits per heavy atom. The Labute approximate surface area is 130 Å². The number of hydrogen-bond donors (Lipinski definition) is 4.